The minimum atomic E-state index is -1.32. The van der Waals surface area contributed by atoms with Gasteiger partial charge in [0.25, 0.3) is 0 Å². The number of hydrogen-bond acceptors (Lipinski definition) is 9. The predicted molar refractivity (Wildman–Crippen MR) is 80.0 cm³/mol. The Balaban J connectivity index is 2.12. The van der Waals surface area contributed by atoms with Gasteiger partial charge in [-0.25, -0.2) is 0 Å². The third kappa shape index (κ3) is 3.74. The van der Waals surface area contributed by atoms with Crippen LogP contribution in [0.25, 0.3) is 0 Å². The molecule has 5 unspecified atom stereocenters. The van der Waals surface area contributed by atoms with Crippen molar-refractivity contribution in [1.29, 1.82) is 0 Å². The van der Waals surface area contributed by atoms with Crippen molar-refractivity contribution in [2.24, 2.45) is 5.92 Å². The van der Waals surface area contributed by atoms with Crippen molar-refractivity contribution >= 4 is 0 Å². The van der Waals surface area contributed by atoms with Crippen LogP contribution in [0, 0.1) is 5.92 Å². The summed E-state index contributed by atoms with van der Waals surface area (Å²) in [5, 5.41) is 49.5. The first-order valence-corrected chi connectivity index (χ1v) is 8.10. The molecule has 2 aliphatic rings. The molecule has 0 spiro atoms. The number of aliphatic hydroxyl groups is 5. The van der Waals surface area contributed by atoms with Crippen molar-refractivity contribution in [3.63, 3.8) is 0 Å². The Bertz CT molecular complexity index is 391. The first-order chi connectivity index (χ1) is 11.3. The van der Waals surface area contributed by atoms with Gasteiger partial charge in [0.2, 0.25) is 0 Å². The molecule has 10 atom stereocenters. The highest BCUT2D eigenvalue weighted by Crippen LogP contribution is 2.32. The van der Waals surface area contributed by atoms with E-state index >= 15 is 0 Å². The zero-order valence-electron chi connectivity index (χ0n) is 14.1. The molecule has 0 aromatic rings. The molecule has 2 heterocycles. The molecule has 5 N–H and O–H groups in total. The maximum Gasteiger partial charge on any atom is 0.184 e. The largest absolute Gasteiger partial charge is 0.394 e. The number of rotatable bonds is 5. The standard InChI is InChI=1S/C15H28O9/c1-6-10(18)15(23-8(4-16)13(6)21-3)24-14-9(5-17)22-7(2)11(19)12(14)20/h6-20H,4-5H2,1-3H3/t6-,7?,8?,9?,10?,11?,12-,13-,14-,15+/m1/s1. The van der Waals surface area contributed by atoms with E-state index in [9.17, 15) is 25.5 Å². The molecule has 0 radical (unpaired) electrons. The zero-order valence-corrected chi connectivity index (χ0v) is 14.1. The lowest BCUT2D eigenvalue weighted by molar-refractivity contribution is -0.335. The maximum atomic E-state index is 10.4. The van der Waals surface area contributed by atoms with E-state index in [4.69, 9.17) is 18.9 Å². The summed E-state index contributed by atoms with van der Waals surface area (Å²) in [5.74, 6) is -0.399. The summed E-state index contributed by atoms with van der Waals surface area (Å²) in [6, 6.07) is 0. The lowest BCUT2D eigenvalue weighted by atomic mass is 9.90. The number of hydrogen-bond donors (Lipinski definition) is 5. The number of methoxy groups -OCH3 is 1. The van der Waals surface area contributed by atoms with Gasteiger partial charge in [0.1, 0.15) is 36.6 Å². The second kappa shape index (κ2) is 8.35. The Labute approximate surface area is 140 Å². The highest BCUT2D eigenvalue weighted by atomic mass is 16.7. The molecule has 2 fully saturated rings. The normalized spacial score (nSPS) is 50.0. The van der Waals surface area contributed by atoms with Gasteiger partial charge in [-0.15, -0.1) is 0 Å². The molecule has 0 bridgehead atoms. The third-order valence-corrected chi connectivity index (χ3v) is 4.86. The van der Waals surface area contributed by atoms with Crippen LogP contribution in [-0.2, 0) is 18.9 Å². The Morgan fingerprint density at radius 2 is 1.42 bits per heavy atom. The van der Waals surface area contributed by atoms with Crippen LogP contribution >= 0.6 is 0 Å². The molecule has 0 aromatic carbocycles. The molecule has 2 rings (SSSR count). The second-order valence-electron chi connectivity index (χ2n) is 6.42. The van der Waals surface area contributed by atoms with Gasteiger partial charge < -0.3 is 44.5 Å². The highest BCUT2D eigenvalue weighted by molar-refractivity contribution is 4.94. The third-order valence-electron chi connectivity index (χ3n) is 4.86. The van der Waals surface area contributed by atoms with Crippen LogP contribution in [0.3, 0.4) is 0 Å². The minimum Gasteiger partial charge on any atom is -0.394 e. The van der Waals surface area contributed by atoms with Crippen LogP contribution in [0.2, 0.25) is 0 Å². The van der Waals surface area contributed by atoms with Crippen LogP contribution in [0.4, 0.5) is 0 Å². The van der Waals surface area contributed by atoms with E-state index in [2.05, 4.69) is 0 Å². The topological polar surface area (TPSA) is 138 Å². The molecule has 0 aromatic heterocycles. The summed E-state index contributed by atoms with van der Waals surface area (Å²) < 4.78 is 21.9. The molecule has 0 saturated carbocycles. The van der Waals surface area contributed by atoms with Gasteiger partial charge in [-0.3, -0.25) is 0 Å². The smallest absolute Gasteiger partial charge is 0.184 e. The molecule has 9 nitrogen and oxygen atoms in total. The molecular weight excluding hydrogens is 324 g/mol. The van der Waals surface area contributed by atoms with E-state index in [0.29, 0.717) is 0 Å². The average molecular weight is 352 g/mol. The van der Waals surface area contributed by atoms with Gasteiger partial charge in [0.15, 0.2) is 6.29 Å². The second-order valence-corrected chi connectivity index (χ2v) is 6.42. The fourth-order valence-electron chi connectivity index (χ4n) is 3.33. The zero-order chi connectivity index (χ0) is 18.0. The highest BCUT2D eigenvalue weighted by Gasteiger charge is 2.49. The van der Waals surface area contributed by atoms with Gasteiger partial charge in [-0.2, -0.15) is 0 Å². The van der Waals surface area contributed by atoms with E-state index in [1.54, 1.807) is 13.8 Å². The maximum absolute atomic E-state index is 10.4. The van der Waals surface area contributed by atoms with E-state index in [1.807, 2.05) is 0 Å². The van der Waals surface area contributed by atoms with E-state index < -0.39 is 67.6 Å². The molecule has 142 valence electrons. The molecule has 0 amide bonds. The summed E-state index contributed by atoms with van der Waals surface area (Å²) in [5.41, 5.74) is 0. The van der Waals surface area contributed by atoms with E-state index in [1.165, 1.54) is 7.11 Å². The van der Waals surface area contributed by atoms with Crippen molar-refractivity contribution in [2.45, 2.75) is 69.0 Å². The van der Waals surface area contributed by atoms with Crippen LogP contribution in [0.15, 0.2) is 0 Å². The van der Waals surface area contributed by atoms with Crippen LogP contribution in [-0.4, -0.2) is 101 Å². The van der Waals surface area contributed by atoms with Crippen molar-refractivity contribution < 1.29 is 44.5 Å². The number of ether oxygens (including phenoxy) is 4. The summed E-state index contributed by atoms with van der Waals surface area (Å²) in [6.07, 6.45) is -8.63. The van der Waals surface area contributed by atoms with E-state index in [0.717, 1.165) is 0 Å². The van der Waals surface area contributed by atoms with Crippen LogP contribution in [0.1, 0.15) is 13.8 Å². The van der Waals surface area contributed by atoms with Crippen molar-refractivity contribution in [2.75, 3.05) is 20.3 Å². The summed E-state index contributed by atoms with van der Waals surface area (Å²) in [6.45, 7) is 2.55. The Morgan fingerprint density at radius 3 is 1.96 bits per heavy atom. The monoisotopic (exact) mass is 352 g/mol. The van der Waals surface area contributed by atoms with Crippen LogP contribution < -0.4 is 0 Å². The van der Waals surface area contributed by atoms with Gasteiger partial charge in [-0.05, 0) is 6.92 Å². The molecule has 2 saturated heterocycles. The lowest BCUT2D eigenvalue weighted by Crippen LogP contribution is -2.62. The SMILES string of the molecule is CO[C@H]1C(CO)O[C@@H](O[C@@H]2C(CO)OC(C)C(O)[C@H]2O)C(O)[C@H]1C. The molecular formula is C15H28O9. The Hall–Kier alpha value is -0.360. The van der Waals surface area contributed by atoms with Crippen LogP contribution in [0.5, 0.6) is 0 Å². The van der Waals surface area contributed by atoms with Gasteiger partial charge in [-0.1, -0.05) is 6.92 Å². The fourth-order valence-corrected chi connectivity index (χ4v) is 3.33. The number of aliphatic hydroxyl groups excluding tert-OH is 5. The first-order valence-electron chi connectivity index (χ1n) is 8.10. The van der Waals surface area contributed by atoms with E-state index in [-0.39, 0.29) is 6.61 Å². The quantitative estimate of drug-likeness (QED) is 0.366. The Kier molecular flexibility index (Phi) is 6.94. The average Bonchev–Trinajstić information content (AvgIpc) is 2.58. The van der Waals surface area contributed by atoms with Crippen molar-refractivity contribution in [3.8, 4) is 0 Å². The lowest BCUT2D eigenvalue weighted by Gasteiger charge is -2.46. The summed E-state index contributed by atoms with van der Waals surface area (Å²) in [4.78, 5) is 0. The molecule has 0 aliphatic carbocycles. The van der Waals surface area contributed by atoms with Crippen molar-refractivity contribution in [1.82, 2.24) is 0 Å². The molecule has 2 aliphatic heterocycles. The van der Waals surface area contributed by atoms with Gasteiger partial charge in [0, 0.05) is 13.0 Å². The first kappa shape index (κ1) is 20.0. The Morgan fingerprint density at radius 1 is 0.833 bits per heavy atom. The predicted octanol–water partition coefficient (Wildman–Crippen LogP) is -2.40. The van der Waals surface area contributed by atoms with Gasteiger partial charge in [0.05, 0.1) is 25.4 Å². The summed E-state index contributed by atoms with van der Waals surface area (Å²) in [7, 11) is 1.46. The molecule has 24 heavy (non-hydrogen) atoms. The van der Waals surface area contributed by atoms with Gasteiger partial charge >= 0.3 is 0 Å². The molecule has 9 heteroatoms. The minimum absolute atomic E-state index is 0.331. The fraction of sp³-hybridized carbons (Fsp3) is 1.00. The summed E-state index contributed by atoms with van der Waals surface area (Å²) >= 11 is 0. The van der Waals surface area contributed by atoms with Crippen molar-refractivity contribution in [3.05, 3.63) is 0 Å².